The first-order valence-corrected chi connectivity index (χ1v) is 24.0. The Morgan fingerprint density at radius 3 is 1.43 bits per heavy atom. The average Bonchev–Trinajstić information content (AvgIpc) is 3.69. The van der Waals surface area contributed by atoms with Gasteiger partial charge in [-0.3, -0.25) is 0 Å². The summed E-state index contributed by atoms with van der Waals surface area (Å²) in [4.78, 5) is 2.43. The summed E-state index contributed by atoms with van der Waals surface area (Å²) >= 11 is 0. The van der Waals surface area contributed by atoms with Crippen molar-refractivity contribution in [2.24, 2.45) is 0 Å². The summed E-state index contributed by atoms with van der Waals surface area (Å²) in [5.74, 6) is 0. The zero-order chi connectivity index (χ0) is 45.9. The lowest BCUT2D eigenvalue weighted by atomic mass is 9.74. The molecule has 1 nitrogen and oxygen atoms in total. The molecule has 0 spiro atoms. The summed E-state index contributed by atoms with van der Waals surface area (Å²) in [6, 6.07) is 98.4. The predicted molar refractivity (Wildman–Crippen MR) is 293 cm³/mol. The van der Waals surface area contributed by atoms with Crippen LogP contribution >= 0.6 is 0 Å². The standard InChI is InChI=1S/C68H47N/c1-68(54-23-9-4-10-24-54)64-28-16-15-26-60(64)61-42-40-57(45-65(61)68)69(55-36-31-47(32-37-55)52-30-29-46-17-11-12-22-51(46)43-52)56-38-33-48(34-39-56)53-35-41-59-58-25-13-14-27-62(58)66(49-18-5-2-6-19-49)67(63(59)44-53)50-20-7-3-8-21-50/h2-45H,1H3. The first-order valence-electron chi connectivity index (χ1n) is 24.0. The number of hydrogen-bond acceptors (Lipinski definition) is 1. The minimum absolute atomic E-state index is 0.320. The summed E-state index contributed by atoms with van der Waals surface area (Å²) in [6.45, 7) is 2.40. The summed E-state index contributed by atoms with van der Waals surface area (Å²) in [5, 5.41) is 7.51. The van der Waals surface area contributed by atoms with Crippen molar-refractivity contribution in [1.29, 1.82) is 0 Å². The maximum Gasteiger partial charge on any atom is 0.0465 e. The van der Waals surface area contributed by atoms with Gasteiger partial charge >= 0.3 is 0 Å². The highest BCUT2D eigenvalue weighted by molar-refractivity contribution is 6.22. The molecule has 1 unspecified atom stereocenters. The van der Waals surface area contributed by atoms with E-state index >= 15 is 0 Å². The van der Waals surface area contributed by atoms with Crippen LogP contribution in [0.5, 0.6) is 0 Å². The van der Waals surface area contributed by atoms with Gasteiger partial charge in [-0.2, -0.15) is 0 Å². The molecule has 0 N–H and O–H groups in total. The lowest BCUT2D eigenvalue weighted by Crippen LogP contribution is -2.22. The van der Waals surface area contributed by atoms with Gasteiger partial charge in [0, 0.05) is 22.5 Å². The Morgan fingerprint density at radius 1 is 0.275 bits per heavy atom. The van der Waals surface area contributed by atoms with Gasteiger partial charge in [-0.25, -0.2) is 0 Å². The fraction of sp³-hybridized carbons (Fsp3) is 0.0294. The number of fused-ring (bicyclic) bond motifs is 7. The fourth-order valence-corrected chi connectivity index (χ4v) is 11.3. The Hall–Kier alpha value is -8.78. The Bertz CT molecular complexity index is 3870. The lowest BCUT2D eigenvalue weighted by molar-refractivity contribution is 0.714. The third-order valence-electron chi connectivity index (χ3n) is 14.7. The van der Waals surface area contributed by atoms with Crippen LogP contribution in [0.3, 0.4) is 0 Å². The summed E-state index contributed by atoms with van der Waals surface area (Å²) in [5.41, 5.74) is 19.2. The molecule has 12 aromatic carbocycles. The number of nitrogens with zero attached hydrogens (tertiary/aromatic N) is 1. The fourth-order valence-electron chi connectivity index (χ4n) is 11.3. The molecule has 0 radical (unpaired) electrons. The van der Waals surface area contributed by atoms with Gasteiger partial charge in [-0.15, -0.1) is 0 Å². The van der Waals surface area contributed by atoms with E-state index in [1.54, 1.807) is 0 Å². The number of benzene rings is 12. The second-order valence-corrected chi connectivity index (χ2v) is 18.5. The van der Waals surface area contributed by atoms with Crippen LogP contribution in [0, 0.1) is 0 Å². The van der Waals surface area contributed by atoms with E-state index in [9.17, 15) is 0 Å². The van der Waals surface area contributed by atoms with E-state index in [1.165, 1.54) is 105 Å². The van der Waals surface area contributed by atoms with Crippen molar-refractivity contribution in [3.05, 3.63) is 284 Å². The van der Waals surface area contributed by atoms with Crippen molar-refractivity contribution < 1.29 is 0 Å². The largest absolute Gasteiger partial charge is 0.310 e. The van der Waals surface area contributed by atoms with Crippen LogP contribution in [-0.2, 0) is 5.41 Å². The molecule has 0 amide bonds. The second kappa shape index (κ2) is 16.5. The summed E-state index contributed by atoms with van der Waals surface area (Å²) in [6.07, 6.45) is 0. The van der Waals surface area contributed by atoms with E-state index in [0.717, 1.165) is 17.1 Å². The van der Waals surface area contributed by atoms with E-state index in [2.05, 4.69) is 279 Å². The Morgan fingerprint density at radius 2 is 0.754 bits per heavy atom. The van der Waals surface area contributed by atoms with Crippen molar-refractivity contribution in [2.75, 3.05) is 4.90 Å². The number of hydrogen-bond donors (Lipinski definition) is 0. The van der Waals surface area contributed by atoms with E-state index in [-0.39, 0.29) is 5.41 Å². The third-order valence-corrected chi connectivity index (χ3v) is 14.7. The van der Waals surface area contributed by atoms with Gasteiger partial charge in [-0.1, -0.05) is 218 Å². The molecule has 0 saturated carbocycles. The first kappa shape index (κ1) is 40.5. The molecule has 1 atom stereocenters. The summed E-state index contributed by atoms with van der Waals surface area (Å²) in [7, 11) is 0. The molecule has 12 aromatic rings. The van der Waals surface area contributed by atoms with Crippen LogP contribution in [-0.4, -0.2) is 0 Å². The van der Waals surface area contributed by atoms with Gasteiger partial charge < -0.3 is 4.90 Å². The maximum absolute atomic E-state index is 2.44. The minimum Gasteiger partial charge on any atom is -0.310 e. The highest BCUT2D eigenvalue weighted by Crippen LogP contribution is 2.54. The molecule has 324 valence electrons. The maximum atomic E-state index is 2.44. The molecule has 1 heteroatoms. The second-order valence-electron chi connectivity index (χ2n) is 18.5. The Labute approximate surface area is 403 Å². The van der Waals surface area contributed by atoms with Crippen molar-refractivity contribution in [3.63, 3.8) is 0 Å². The quantitative estimate of drug-likeness (QED) is 0.138. The molecule has 0 fully saturated rings. The third kappa shape index (κ3) is 6.77. The van der Waals surface area contributed by atoms with Crippen LogP contribution < -0.4 is 4.90 Å². The molecular formula is C68H47N. The van der Waals surface area contributed by atoms with Crippen LogP contribution in [0.1, 0.15) is 23.6 Å². The van der Waals surface area contributed by atoms with Crippen molar-refractivity contribution in [3.8, 4) is 55.6 Å². The number of rotatable bonds is 8. The average molecular weight is 878 g/mol. The van der Waals surface area contributed by atoms with Crippen LogP contribution in [0.2, 0.25) is 0 Å². The van der Waals surface area contributed by atoms with E-state index in [4.69, 9.17) is 0 Å². The number of anilines is 3. The Kier molecular flexibility index (Phi) is 9.70. The van der Waals surface area contributed by atoms with Crippen molar-refractivity contribution in [1.82, 2.24) is 0 Å². The monoisotopic (exact) mass is 877 g/mol. The van der Waals surface area contributed by atoms with Gasteiger partial charge in [0.2, 0.25) is 0 Å². The smallest absolute Gasteiger partial charge is 0.0465 e. The van der Waals surface area contributed by atoms with Crippen LogP contribution in [0.15, 0.2) is 267 Å². The topological polar surface area (TPSA) is 3.24 Å². The first-order chi connectivity index (χ1) is 34.1. The molecule has 0 aliphatic heterocycles. The zero-order valence-electron chi connectivity index (χ0n) is 38.4. The molecule has 0 heterocycles. The molecule has 1 aliphatic rings. The van der Waals surface area contributed by atoms with Gasteiger partial charge in [0.15, 0.2) is 0 Å². The minimum atomic E-state index is -0.320. The van der Waals surface area contributed by atoms with Crippen molar-refractivity contribution in [2.45, 2.75) is 12.3 Å². The lowest BCUT2D eigenvalue weighted by Gasteiger charge is -2.31. The normalized spacial score (nSPS) is 13.9. The molecule has 0 saturated heterocycles. The Balaban J connectivity index is 0.958. The van der Waals surface area contributed by atoms with Crippen molar-refractivity contribution >= 4 is 49.4 Å². The molecule has 13 rings (SSSR count). The SMILES string of the molecule is CC1(c2ccccc2)c2ccccc2-c2ccc(N(c3ccc(-c4ccc5ccccc5c4)cc3)c3ccc(-c4ccc5c(c4)c(-c4ccccc4)c(-c4ccccc4)c4ccccc45)cc3)cc21. The zero-order valence-corrected chi connectivity index (χ0v) is 38.4. The van der Waals surface area contributed by atoms with Gasteiger partial charge in [0.25, 0.3) is 0 Å². The van der Waals surface area contributed by atoms with E-state index in [1.807, 2.05) is 0 Å². The van der Waals surface area contributed by atoms with E-state index < -0.39 is 0 Å². The van der Waals surface area contributed by atoms with Crippen LogP contribution in [0.25, 0.3) is 88.0 Å². The predicted octanol–water partition coefficient (Wildman–Crippen LogP) is 18.6. The molecule has 0 bridgehead atoms. The molecule has 1 aliphatic carbocycles. The van der Waals surface area contributed by atoms with Gasteiger partial charge in [0.05, 0.1) is 0 Å². The van der Waals surface area contributed by atoms with E-state index in [0.29, 0.717) is 0 Å². The van der Waals surface area contributed by atoms with Crippen LogP contribution in [0.4, 0.5) is 17.1 Å². The molecule has 0 aromatic heterocycles. The molecular weight excluding hydrogens is 831 g/mol. The highest BCUT2D eigenvalue weighted by Gasteiger charge is 2.41. The summed E-state index contributed by atoms with van der Waals surface area (Å²) < 4.78 is 0. The molecule has 69 heavy (non-hydrogen) atoms. The van der Waals surface area contributed by atoms with Gasteiger partial charge in [-0.05, 0) is 160 Å². The van der Waals surface area contributed by atoms with Gasteiger partial charge in [0.1, 0.15) is 0 Å². The highest BCUT2D eigenvalue weighted by atomic mass is 15.1.